The topological polar surface area (TPSA) is 53.7 Å². The van der Waals surface area contributed by atoms with E-state index in [0.717, 1.165) is 17.7 Å². The lowest BCUT2D eigenvalue weighted by molar-refractivity contribution is -0.137. The molecule has 1 amide bonds. The minimum atomic E-state index is -4.39. The van der Waals surface area contributed by atoms with E-state index >= 15 is 0 Å². The lowest BCUT2D eigenvalue weighted by Gasteiger charge is -2.36. The molecule has 6 nitrogen and oxygen atoms in total. The van der Waals surface area contributed by atoms with Crippen LogP contribution >= 0.6 is 11.6 Å². The van der Waals surface area contributed by atoms with Crippen LogP contribution in [0.5, 0.6) is 0 Å². The van der Waals surface area contributed by atoms with Crippen molar-refractivity contribution in [3.05, 3.63) is 83.0 Å². The Morgan fingerprint density at radius 1 is 0.912 bits per heavy atom. The lowest BCUT2D eigenvalue weighted by Crippen LogP contribution is -2.48. The summed E-state index contributed by atoms with van der Waals surface area (Å²) in [5.41, 5.74) is 1.64. The van der Waals surface area contributed by atoms with E-state index in [1.165, 1.54) is 6.07 Å². The number of carbonyl (C=O) groups excluding carboxylic acids is 1. The number of amides is 1. The predicted molar refractivity (Wildman–Crippen MR) is 123 cm³/mol. The zero-order chi connectivity index (χ0) is 23.9. The summed E-state index contributed by atoms with van der Waals surface area (Å²) in [5, 5.41) is 9.01. The first-order chi connectivity index (χ1) is 16.3. The molecule has 4 aromatic rings. The van der Waals surface area contributed by atoms with Crippen LogP contribution in [0, 0.1) is 0 Å². The maximum atomic E-state index is 13.1. The van der Waals surface area contributed by atoms with E-state index < -0.39 is 11.7 Å². The lowest BCUT2D eigenvalue weighted by atomic mass is 10.1. The SMILES string of the molecule is O=C(c1ccn2c(-c3cccc(Cl)c3)nnc2c1)N1CCN(c2cccc(C(F)(F)F)c2)CC1. The van der Waals surface area contributed by atoms with Gasteiger partial charge >= 0.3 is 6.18 Å². The summed E-state index contributed by atoms with van der Waals surface area (Å²) >= 11 is 6.08. The van der Waals surface area contributed by atoms with Gasteiger partial charge in [0, 0.05) is 54.2 Å². The zero-order valence-corrected chi connectivity index (χ0v) is 18.6. The molecule has 1 aliphatic rings. The van der Waals surface area contributed by atoms with Gasteiger partial charge in [0.15, 0.2) is 11.5 Å². The number of benzene rings is 2. The summed E-state index contributed by atoms with van der Waals surface area (Å²) < 4.78 is 40.9. The quantitative estimate of drug-likeness (QED) is 0.408. The Hall–Kier alpha value is -3.59. The molecule has 0 unspecified atom stereocenters. The number of pyridine rings is 1. The van der Waals surface area contributed by atoms with E-state index in [0.29, 0.717) is 53.9 Å². The highest BCUT2D eigenvalue weighted by Crippen LogP contribution is 2.32. The Kier molecular flexibility index (Phi) is 5.65. The number of aromatic nitrogens is 3. The second kappa shape index (κ2) is 8.64. The third-order valence-corrected chi connectivity index (χ3v) is 6.08. The smallest absolute Gasteiger partial charge is 0.368 e. The molecule has 0 atom stereocenters. The molecule has 1 fully saturated rings. The van der Waals surface area contributed by atoms with Crippen molar-refractivity contribution in [1.29, 1.82) is 0 Å². The van der Waals surface area contributed by atoms with Crippen LogP contribution < -0.4 is 4.90 Å². The highest BCUT2D eigenvalue weighted by atomic mass is 35.5. The average molecular weight is 486 g/mol. The van der Waals surface area contributed by atoms with E-state index in [4.69, 9.17) is 11.6 Å². The monoisotopic (exact) mass is 485 g/mol. The Morgan fingerprint density at radius 3 is 2.41 bits per heavy atom. The fraction of sp³-hybridized carbons (Fsp3) is 0.208. The average Bonchev–Trinajstić information content (AvgIpc) is 3.27. The van der Waals surface area contributed by atoms with Gasteiger partial charge in [0.1, 0.15) is 0 Å². The molecule has 174 valence electrons. The molecule has 0 spiro atoms. The van der Waals surface area contributed by atoms with Crippen molar-refractivity contribution < 1.29 is 18.0 Å². The van der Waals surface area contributed by atoms with Crippen molar-refractivity contribution in [2.45, 2.75) is 6.18 Å². The number of carbonyl (C=O) groups is 1. The van der Waals surface area contributed by atoms with Crippen LogP contribution in [0.15, 0.2) is 66.9 Å². The minimum absolute atomic E-state index is 0.154. The molecule has 1 saturated heterocycles. The van der Waals surface area contributed by atoms with Crippen LogP contribution in [-0.4, -0.2) is 51.6 Å². The molecule has 0 radical (unpaired) electrons. The summed E-state index contributed by atoms with van der Waals surface area (Å²) in [6.45, 7) is 1.69. The number of alkyl halides is 3. The van der Waals surface area contributed by atoms with E-state index in [1.54, 1.807) is 45.8 Å². The van der Waals surface area contributed by atoms with Gasteiger partial charge in [-0.2, -0.15) is 13.2 Å². The number of fused-ring (bicyclic) bond motifs is 1. The van der Waals surface area contributed by atoms with Gasteiger partial charge in [-0.3, -0.25) is 9.20 Å². The Labute approximate surface area is 198 Å². The van der Waals surface area contributed by atoms with Crippen molar-refractivity contribution in [1.82, 2.24) is 19.5 Å². The number of piperazine rings is 1. The van der Waals surface area contributed by atoms with Crippen molar-refractivity contribution in [3.8, 4) is 11.4 Å². The summed E-state index contributed by atoms with van der Waals surface area (Å²) in [4.78, 5) is 16.6. The molecule has 0 saturated carbocycles. The molecule has 0 bridgehead atoms. The van der Waals surface area contributed by atoms with Gasteiger partial charge in [0.05, 0.1) is 5.56 Å². The molecule has 5 rings (SSSR count). The molecular formula is C24H19ClF3N5O. The standard InChI is InChI=1S/C24H19ClF3N5O/c25-19-5-1-3-16(13-19)22-30-29-21-14-17(7-8-33(21)22)23(34)32-11-9-31(10-12-32)20-6-2-4-18(15-20)24(26,27)28/h1-8,13-15H,9-12H2. The van der Waals surface area contributed by atoms with Crippen LogP contribution in [-0.2, 0) is 6.18 Å². The number of nitrogens with zero attached hydrogens (tertiary/aromatic N) is 5. The van der Waals surface area contributed by atoms with E-state index in [9.17, 15) is 18.0 Å². The zero-order valence-electron chi connectivity index (χ0n) is 17.8. The van der Waals surface area contributed by atoms with Crippen LogP contribution in [0.4, 0.5) is 18.9 Å². The van der Waals surface area contributed by atoms with Crippen molar-refractivity contribution in [3.63, 3.8) is 0 Å². The van der Waals surface area contributed by atoms with Gasteiger partial charge in [-0.25, -0.2) is 0 Å². The molecule has 3 heterocycles. The molecule has 2 aromatic carbocycles. The molecule has 10 heteroatoms. The van der Waals surface area contributed by atoms with Crippen LogP contribution in [0.1, 0.15) is 15.9 Å². The molecular weight excluding hydrogens is 467 g/mol. The molecule has 0 N–H and O–H groups in total. The molecule has 0 aliphatic carbocycles. The normalized spacial score (nSPS) is 14.6. The van der Waals surface area contributed by atoms with Gasteiger partial charge in [0.2, 0.25) is 0 Å². The molecule has 1 aliphatic heterocycles. The number of rotatable bonds is 3. The number of hydrogen-bond acceptors (Lipinski definition) is 4. The van der Waals surface area contributed by atoms with Crippen molar-refractivity contribution >= 4 is 28.8 Å². The van der Waals surface area contributed by atoms with Gasteiger partial charge < -0.3 is 9.80 Å². The first-order valence-electron chi connectivity index (χ1n) is 10.6. The van der Waals surface area contributed by atoms with E-state index in [1.807, 2.05) is 17.0 Å². The summed E-state index contributed by atoms with van der Waals surface area (Å²) in [7, 11) is 0. The number of anilines is 1. The van der Waals surface area contributed by atoms with Crippen LogP contribution in [0.3, 0.4) is 0 Å². The van der Waals surface area contributed by atoms with E-state index in [2.05, 4.69) is 10.2 Å². The van der Waals surface area contributed by atoms with Crippen LogP contribution in [0.25, 0.3) is 17.0 Å². The second-order valence-electron chi connectivity index (χ2n) is 8.00. The fourth-order valence-corrected chi connectivity index (χ4v) is 4.27. The van der Waals surface area contributed by atoms with Crippen LogP contribution in [0.2, 0.25) is 5.02 Å². The summed E-state index contributed by atoms with van der Waals surface area (Å²) in [6, 6.07) is 15.9. The molecule has 34 heavy (non-hydrogen) atoms. The predicted octanol–water partition coefficient (Wildman–Crippen LogP) is 5.03. The maximum absolute atomic E-state index is 13.1. The summed E-state index contributed by atoms with van der Waals surface area (Å²) in [6.07, 6.45) is -2.64. The number of halogens is 4. The number of hydrogen-bond donors (Lipinski definition) is 0. The molecule has 2 aromatic heterocycles. The Bertz CT molecular complexity index is 1360. The van der Waals surface area contributed by atoms with Gasteiger partial charge in [0.25, 0.3) is 5.91 Å². The second-order valence-corrected chi connectivity index (χ2v) is 8.44. The maximum Gasteiger partial charge on any atom is 0.416 e. The Balaban J connectivity index is 1.30. The highest BCUT2D eigenvalue weighted by molar-refractivity contribution is 6.30. The first-order valence-corrected chi connectivity index (χ1v) is 11.0. The summed E-state index contributed by atoms with van der Waals surface area (Å²) in [5.74, 6) is 0.463. The van der Waals surface area contributed by atoms with Gasteiger partial charge in [-0.15, -0.1) is 10.2 Å². The third kappa shape index (κ3) is 4.31. The Morgan fingerprint density at radius 2 is 1.68 bits per heavy atom. The minimum Gasteiger partial charge on any atom is -0.368 e. The third-order valence-electron chi connectivity index (χ3n) is 5.85. The largest absolute Gasteiger partial charge is 0.416 e. The fourth-order valence-electron chi connectivity index (χ4n) is 4.08. The van der Waals surface area contributed by atoms with Gasteiger partial charge in [-0.1, -0.05) is 29.8 Å². The highest BCUT2D eigenvalue weighted by Gasteiger charge is 2.31. The van der Waals surface area contributed by atoms with Gasteiger partial charge in [-0.05, 0) is 42.5 Å². The van der Waals surface area contributed by atoms with E-state index in [-0.39, 0.29) is 5.91 Å². The van der Waals surface area contributed by atoms with Crippen molar-refractivity contribution in [2.24, 2.45) is 0 Å². The first kappa shape index (κ1) is 22.2. The van der Waals surface area contributed by atoms with Crippen molar-refractivity contribution in [2.75, 3.05) is 31.1 Å².